The van der Waals surface area contributed by atoms with Gasteiger partial charge in [0, 0.05) is 23.0 Å². The first-order valence-electron chi connectivity index (χ1n) is 11.8. The fourth-order valence-corrected chi connectivity index (χ4v) is 4.39. The minimum atomic E-state index is 0.0413. The normalized spacial score (nSPS) is 14.6. The average Bonchev–Trinajstić information content (AvgIpc) is 3.35. The number of carbonyl (C=O) groups is 1. The number of aromatic nitrogens is 2. The lowest BCUT2D eigenvalue weighted by atomic mass is 9.96. The molecule has 1 aromatic heterocycles. The molecule has 0 radical (unpaired) electrons. The van der Waals surface area contributed by atoms with Gasteiger partial charge in [-0.05, 0) is 80.7 Å². The molecule has 0 saturated carbocycles. The zero-order valence-electron chi connectivity index (χ0n) is 20.1. The summed E-state index contributed by atoms with van der Waals surface area (Å²) in [5.41, 5.74) is 2.02. The number of nitrogens with one attached hydrogen (secondary N) is 1. The van der Waals surface area contributed by atoms with Crippen molar-refractivity contribution in [1.29, 1.82) is 0 Å². The zero-order valence-corrected chi connectivity index (χ0v) is 20.9. The van der Waals surface area contributed by atoms with Gasteiger partial charge in [0.2, 0.25) is 17.6 Å². The maximum absolute atomic E-state index is 12.6. The quantitative estimate of drug-likeness (QED) is 0.415. The molecule has 186 valence electrons. The maximum Gasteiger partial charge on any atom is 0.241 e. The van der Waals surface area contributed by atoms with Gasteiger partial charge in [-0.25, -0.2) is 0 Å². The standard InChI is InChI=1S/C26H31ClN4O4/c1-33-22-10-5-18(16-23(22)34-2)4-3-13-28-26(32)20-11-14-31(15-12-20)17-24-29-25(30-35-24)19-6-8-21(27)9-7-19/h5-10,16,20H,3-4,11-15,17H2,1-2H3,(H,28,32). The predicted octanol–water partition coefficient (Wildman–Crippen LogP) is 4.37. The molecule has 9 heteroatoms. The third-order valence-electron chi connectivity index (χ3n) is 6.28. The number of nitrogens with zero attached hydrogens (tertiary/aromatic N) is 3. The lowest BCUT2D eigenvalue weighted by molar-refractivity contribution is -0.126. The minimum absolute atomic E-state index is 0.0413. The Morgan fingerprint density at radius 3 is 2.57 bits per heavy atom. The third kappa shape index (κ3) is 6.74. The van der Waals surface area contributed by atoms with Crippen LogP contribution in [-0.4, -0.2) is 54.8 Å². The van der Waals surface area contributed by atoms with Crippen LogP contribution in [0.1, 0.15) is 30.7 Å². The number of carbonyl (C=O) groups excluding carboxylic acids is 1. The predicted molar refractivity (Wildman–Crippen MR) is 134 cm³/mol. The van der Waals surface area contributed by atoms with Crippen molar-refractivity contribution in [1.82, 2.24) is 20.4 Å². The number of benzene rings is 2. The molecular formula is C26H31ClN4O4. The van der Waals surface area contributed by atoms with E-state index >= 15 is 0 Å². The van der Waals surface area contributed by atoms with Crippen molar-refractivity contribution in [2.45, 2.75) is 32.2 Å². The SMILES string of the molecule is COc1ccc(CCCNC(=O)C2CCN(Cc3nc(-c4ccc(Cl)cc4)no3)CC2)cc1OC. The molecule has 0 unspecified atom stereocenters. The highest BCUT2D eigenvalue weighted by Gasteiger charge is 2.25. The lowest BCUT2D eigenvalue weighted by Crippen LogP contribution is -2.40. The van der Waals surface area contributed by atoms with Crippen LogP contribution in [-0.2, 0) is 17.8 Å². The highest BCUT2D eigenvalue weighted by molar-refractivity contribution is 6.30. The van der Waals surface area contributed by atoms with Gasteiger partial charge >= 0.3 is 0 Å². The molecule has 3 aromatic rings. The summed E-state index contributed by atoms with van der Waals surface area (Å²) in [5, 5.41) is 7.84. The molecule has 0 aliphatic carbocycles. The summed E-state index contributed by atoms with van der Waals surface area (Å²) in [6, 6.07) is 13.3. The molecule has 1 amide bonds. The number of piperidine rings is 1. The molecule has 0 atom stereocenters. The molecule has 35 heavy (non-hydrogen) atoms. The third-order valence-corrected chi connectivity index (χ3v) is 6.53. The van der Waals surface area contributed by atoms with Gasteiger partial charge in [0.05, 0.1) is 20.8 Å². The van der Waals surface area contributed by atoms with Crippen LogP contribution >= 0.6 is 11.6 Å². The molecule has 2 aromatic carbocycles. The Balaban J connectivity index is 1.16. The average molecular weight is 499 g/mol. The van der Waals surface area contributed by atoms with Gasteiger partial charge in [-0.2, -0.15) is 4.98 Å². The van der Waals surface area contributed by atoms with Crippen LogP contribution in [0.3, 0.4) is 0 Å². The number of hydrogen-bond acceptors (Lipinski definition) is 7. The first-order valence-corrected chi connectivity index (χ1v) is 12.2. The molecule has 1 N–H and O–H groups in total. The van der Waals surface area contributed by atoms with E-state index in [2.05, 4.69) is 20.4 Å². The Labute approximate surface area is 210 Å². The molecule has 4 rings (SSSR count). The van der Waals surface area contributed by atoms with Crippen LogP contribution in [0.4, 0.5) is 0 Å². The fraction of sp³-hybridized carbons (Fsp3) is 0.423. The van der Waals surface area contributed by atoms with Gasteiger partial charge < -0.3 is 19.3 Å². The maximum atomic E-state index is 12.6. The molecule has 8 nitrogen and oxygen atoms in total. The van der Waals surface area contributed by atoms with Crippen LogP contribution in [0.15, 0.2) is 47.0 Å². The van der Waals surface area contributed by atoms with E-state index in [1.54, 1.807) is 26.4 Å². The minimum Gasteiger partial charge on any atom is -0.493 e. The van der Waals surface area contributed by atoms with Crippen molar-refractivity contribution < 1.29 is 18.8 Å². The summed E-state index contributed by atoms with van der Waals surface area (Å²) in [4.78, 5) is 19.4. The van der Waals surface area contributed by atoms with Crippen molar-refractivity contribution in [2.75, 3.05) is 33.9 Å². The Kier molecular flexibility index (Phi) is 8.60. The topological polar surface area (TPSA) is 89.7 Å². The first kappa shape index (κ1) is 25.0. The second-order valence-electron chi connectivity index (χ2n) is 8.65. The second-order valence-corrected chi connectivity index (χ2v) is 9.09. The number of likely N-dealkylation sites (tertiary alicyclic amines) is 1. The van der Waals surface area contributed by atoms with Crippen LogP contribution in [0.25, 0.3) is 11.4 Å². The molecule has 2 heterocycles. The summed E-state index contributed by atoms with van der Waals surface area (Å²) in [6.45, 7) is 2.88. The Hall–Kier alpha value is -3.10. The number of amides is 1. The van der Waals surface area contributed by atoms with Gasteiger partial charge in [0.15, 0.2) is 11.5 Å². The van der Waals surface area contributed by atoms with E-state index < -0.39 is 0 Å². The number of ether oxygens (including phenoxy) is 2. The van der Waals surface area contributed by atoms with Crippen molar-refractivity contribution >= 4 is 17.5 Å². The van der Waals surface area contributed by atoms with E-state index in [4.69, 9.17) is 25.6 Å². The number of aryl methyl sites for hydroxylation is 1. The van der Waals surface area contributed by atoms with E-state index in [9.17, 15) is 4.79 Å². The van der Waals surface area contributed by atoms with E-state index in [1.807, 2.05) is 30.3 Å². The summed E-state index contributed by atoms with van der Waals surface area (Å²) in [6.07, 6.45) is 3.37. The number of rotatable bonds is 10. The van der Waals surface area contributed by atoms with Gasteiger partial charge in [0.1, 0.15) is 0 Å². The van der Waals surface area contributed by atoms with Crippen molar-refractivity contribution in [2.24, 2.45) is 5.92 Å². The fourth-order valence-electron chi connectivity index (χ4n) is 4.26. The van der Waals surface area contributed by atoms with Crippen LogP contribution in [0, 0.1) is 5.92 Å². The van der Waals surface area contributed by atoms with Crippen molar-refractivity contribution in [3.8, 4) is 22.9 Å². The van der Waals surface area contributed by atoms with E-state index in [-0.39, 0.29) is 11.8 Å². The molecular weight excluding hydrogens is 468 g/mol. The number of hydrogen-bond donors (Lipinski definition) is 1. The van der Waals surface area contributed by atoms with Crippen molar-refractivity contribution in [3.63, 3.8) is 0 Å². The summed E-state index contributed by atoms with van der Waals surface area (Å²) in [5.74, 6) is 2.76. The molecule has 1 aliphatic rings. The molecule has 1 fully saturated rings. The number of halogens is 1. The Morgan fingerprint density at radius 1 is 1.11 bits per heavy atom. The Bertz CT molecular complexity index is 1110. The highest BCUT2D eigenvalue weighted by atomic mass is 35.5. The van der Waals surface area contributed by atoms with E-state index in [0.29, 0.717) is 29.8 Å². The van der Waals surface area contributed by atoms with Gasteiger partial charge in [0.25, 0.3) is 0 Å². The van der Waals surface area contributed by atoms with E-state index in [0.717, 1.165) is 61.4 Å². The first-order chi connectivity index (χ1) is 17.1. The van der Waals surface area contributed by atoms with Crippen molar-refractivity contribution in [3.05, 3.63) is 58.9 Å². The summed E-state index contributed by atoms with van der Waals surface area (Å²) in [7, 11) is 3.26. The zero-order chi connectivity index (χ0) is 24.6. The number of methoxy groups -OCH3 is 2. The molecule has 0 bridgehead atoms. The molecule has 0 spiro atoms. The monoisotopic (exact) mass is 498 g/mol. The van der Waals surface area contributed by atoms with Gasteiger partial charge in [-0.1, -0.05) is 22.8 Å². The summed E-state index contributed by atoms with van der Waals surface area (Å²) >= 11 is 5.94. The van der Waals surface area contributed by atoms with Gasteiger partial charge in [-0.3, -0.25) is 9.69 Å². The van der Waals surface area contributed by atoms with Gasteiger partial charge in [-0.15, -0.1) is 0 Å². The smallest absolute Gasteiger partial charge is 0.241 e. The Morgan fingerprint density at radius 2 is 1.86 bits per heavy atom. The second kappa shape index (κ2) is 12.0. The largest absolute Gasteiger partial charge is 0.493 e. The van der Waals surface area contributed by atoms with E-state index in [1.165, 1.54) is 0 Å². The lowest BCUT2D eigenvalue weighted by Gasteiger charge is -2.30. The van der Waals surface area contributed by atoms with Crippen LogP contribution < -0.4 is 14.8 Å². The van der Waals surface area contributed by atoms with Crippen LogP contribution in [0.5, 0.6) is 11.5 Å². The molecule has 1 saturated heterocycles. The van der Waals surface area contributed by atoms with Crippen LogP contribution in [0.2, 0.25) is 5.02 Å². The summed E-state index contributed by atoms with van der Waals surface area (Å²) < 4.78 is 16.1. The molecule has 1 aliphatic heterocycles. The highest BCUT2D eigenvalue weighted by Crippen LogP contribution is 2.28.